The fourth-order valence-electron chi connectivity index (χ4n) is 2.84. The van der Waals surface area contributed by atoms with Gasteiger partial charge in [-0.1, -0.05) is 37.0 Å². The highest BCUT2D eigenvalue weighted by Gasteiger charge is 2.29. The summed E-state index contributed by atoms with van der Waals surface area (Å²) >= 11 is 0. The zero-order chi connectivity index (χ0) is 19.7. The highest BCUT2D eigenvalue weighted by Crippen LogP contribution is 2.28. The molecule has 6 nitrogen and oxygen atoms in total. The molecular formula is C21H25N3O3S. The average Bonchev–Trinajstić information content (AvgIpc) is 3.39. The molecule has 148 valence electrons. The van der Waals surface area contributed by atoms with Crippen LogP contribution in [0.4, 0.5) is 0 Å². The number of aryl methyl sites for hydroxylation is 1. The number of hydrogen-bond acceptors (Lipinski definition) is 5. The van der Waals surface area contributed by atoms with Gasteiger partial charge in [0.25, 0.3) is 0 Å². The zero-order valence-electron chi connectivity index (χ0n) is 16.5. The summed E-state index contributed by atoms with van der Waals surface area (Å²) in [6, 6.07) is 5.83. The second kappa shape index (κ2) is 7.78. The van der Waals surface area contributed by atoms with E-state index in [1.807, 2.05) is 25.1 Å². The lowest BCUT2D eigenvalue weighted by atomic mass is 9.96. The van der Waals surface area contributed by atoms with Gasteiger partial charge in [-0.05, 0) is 37.5 Å². The predicted octanol–water partition coefficient (Wildman–Crippen LogP) is 2.91. The Morgan fingerprint density at radius 3 is 2.75 bits per heavy atom. The van der Waals surface area contributed by atoms with Gasteiger partial charge in [0.15, 0.2) is 11.3 Å². The Morgan fingerprint density at radius 1 is 1.29 bits per heavy atom. The van der Waals surface area contributed by atoms with Crippen molar-refractivity contribution in [2.75, 3.05) is 13.2 Å². The van der Waals surface area contributed by atoms with E-state index >= 15 is 0 Å². The molecule has 1 aliphatic carbocycles. The lowest BCUT2D eigenvalue weighted by Crippen LogP contribution is -2.39. The Hall–Kier alpha value is -2.01. The number of rotatable bonds is 4. The molecule has 7 heteroatoms. The summed E-state index contributed by atoms with van der Waals surface area (Å²) in [4.78, 5) is 0.724. The number of ether oxygens (including phenoxy) is 2. The molecule has 1 saturated heterocycles. The Morgan fingerprint density at radius 2 is 2.04 bits per heavy atom. The first kappa shape index (κ1) is 19.3. The van der Waals surface area contributed by atoms with Gasteiger partial charge in [0.1, 0.15) is 10.8 Å². The van der Waals surface area contributed by atoms with E-state index in [2.05, 4.69) is 36.0 Å². The van der Waals surface area contributed by atoms with E-state index < -0.39 is 10.8 Å². The fraction of sp³-hybridized carbons (Fsp3) is 0.524. The number of hydrogen-bond donors (Lipinski definition) is 0. The van der Waals surface area contributed by atoms with Crippen LogP contribution in [0.1, 0.15) is 37.8 Å². The summed E-state index contributed by atoms with van der Waals surface area (Å²) in [6.45, 7) is 7.85. The molecule has 4 rings (SSSR count). The normalized spacial score (nSPS) is 20.4. The third-order valence-corrected chi connectivity index (χ3v) is 6.16. The van der Waals surface area contributed by atoms with Crippen molar-refractivity contribution in [1.82, 2.24) is 15.0 Å². The molecule has 0 spiro atoms. The molecule has 2 aliphatic rings. The standard InChI is InChI=1S/C21H25N3O3S/c1-15-4-5-17(9-8-16-6-7-16)10-18(15)28(25)19-11-24(23-22-19)12-20-26-13-21(2,3)14-27-20/h4-5,10-11,16,20H,6-7,12-14H2,1-3H3. The summed E-state index contributed by atoms with van der Waals surface area (Å²) < 4.78 is 26.1. The molecule has 1 aliphatic heterocycles. The maximum absolute atomic E-state index is 13.0. The van der Waals surface area contributed by atoms with Crippen molar-refractivity contribution in [1.29, 1.82) is 0 Å². The van der Waals surface area contributed by atoms with Gasteiger partial charge in [0.2, 0.25) is 0 Å². The maximum Gasteiger partial charge on any atom is 0.177 e. The minimum atomic E-state index is -1.41. The number of aromatic nitrogens is 3. The van der Waals surface area contributed by atoms with Crippen LogP contribution in [-0.2, 0) is 26.8 Å². The van der Waals surface area contributed by atoms with Crippen molar-refractivity contribution in [3.8, 4) is 11.8 Å². The van der Waals surface area contributed by atoms with Crippen LogP contribution < -0.4 is 0 Å². The molecule has 1 atom stereocenters. The Labute approximate surface area is 168 Å². The van der Waals surface area contributed by atoms with E-state index in [1.54, 1.807) is 10.9 Å². The minimum Gasteiger partial charge on any atom is -0.350 e. The molecule has 28 heavy (non-hydrogen) atoms. The van der Waals surface area contributed by atoms with Crippen molar-refractivity contribution in [2.24, 2.45) is 11.3 Å². The smallest absolute Gasteiger partial charge is 0.177 e. The van der Waals surface area contributed by atoms with Gasteiger partial charge in [-0.15, -0.1) is 5.10 Å². The van der Waals surface area contributed by atoms with Crippen LogP contribution in [0.5, 0.6) is 0 Å². The number of benzene rings is 1. The van der Waals surface area contributed by atoms with Crippen LogP contribution in [0, 0.1) is 30.1 Å². The molecule has 1 unspecified atom stereocenters. The van der Waals surface area contributed by atoms with Gasteiger partial charge < -0.3 is 9.47 Å². The van der Waals surface area contributed by atoms with E-state index in [1.165, 1.54) is 12.8 Å². The third-order valence-electron chi connectivity index (χ3n) is 4.75. The molecule has 1 saturated carbocycles. The van der Waals surface area contributed by atoms with Gasteiger partial charge in [-0.25, -0.2) is 8.89 Å². The number of nitrogens with zero attached hydrogens (tertiary/aromatic N) is 3. The Kier molecular flexibility index (Phi) is 5.37. The van der Waals surface area contributed by atoms with E-state index in [0.29, 0.717) is 30.7 Å². The molecule has 1 aromatic carbocycles. The van der Waals surface area contributed by atoms with E-state index in [-0.39, 0.29) is 11.7 Å². The van der Waals surface area contributed by atoms with Crippen LogP contribution >= 0.6 is 0 Å². The van der Waals surface area contributed by atoms with Crippen LogP contribution in [0.2, 0.25) is 0 Å². The first-order valence-corrected chi connectivity index (χ1v) is 10.7. The van der Waals surface area contributed by atoms with Crippen molar-refractivity contribution >= 4 is 10.8 Å². The van der Waals surface area contributed by atoms with Crippen molar-refractivity contribution in [3.63, 3.8) is 0 Å². The SMILES string of the molecule is Cc1ccc(C#CC2CC2)cc1S(=O)c1cn(CC2OCC(C)(C)CO2)nn1. The van der Waals surface area contributed by atoms with Crippen LogP contribution in [0.25, 0.3) is 0 Å². The molecule has 0 bridgehead atoms. The molecule has 2 fully saturated rings. The molecule has 0 amide bonds. The van der Waals surface area contributed by atoms with Gasteiger partial charge >= 0.3 is 0 Å². The van der Waals surface area contributed by atoms with Crippen molar-refractivity contribution in [2.45, 2.75) is 56.4 Å². The van der Waals surface area contributed by atoms with Crippen molar-refractivity contribution in [3.05, 3.63) is 35.5 Å². The highest BCUT2D eigenvalue weighted by molar-refractivity contribution is 7.85. The summed E-state index contributed by atoms with van der Waals surface area (Å²) in [5, 5.41) is 8.63. The summed E-state index contributed by atoms with van der Waals surface area (Å²) in [5.74, 6) is 6.96. The van der Waals surface area contributed by atoms with Crippen LogP contribution in [-0.4, -0.2) is 38.7 Å². The van der Waals surface area contributed by atoms with Gasteiger partial charge in [0.05, 0.1) is 26.0 Å². The molecule has 2 aromatic rings. The lowest BCUT2D eigenvalue weighted by Gasteiger charge is -2.34. The molecular weight excluding hydrogens is 374 g/mol. The van der Waals surface area contributed by atoms with Crippen molar-refractivity contribution < 1.29 is 13.7 Å². The molecule has 1 aromatic heterocycles. The zero-order valence-corrected chi connectivity index (χ0v) is 17.3. The van der Waals surface area contributed by atoms with E-state index in [9.17, 15) is 4.21 Å². The summed E-state index contributed by atoms with van der Waals surface area (Å²) in [6.07, 6.45) is 3.71. The first-order valence-electron chi connectivity index (χ1n) is 9.57. The van der Waals surface area contributed by atoms with Gasteiger partial charge in [-0.3, -0.25) is 0 Å². The van der Waals surface area contributed by atoms with Crippen LogP contribution in [0.3, 0.4) is 0 Å². The third kappa shape index (κ3) is 4.69. The monoisotopic (exact) mass is 399 g/mol. The average molecular weight is 400 g/mol. The molecule has 2 heterocycles. The van der Waals surface area contributed by atoms with Gasteiger partial charge in [-0.2, -0.15) is 0 Å². The molecule has 0 radical (unpaired) electrons. The summed E-state index contributed by atoms with van der Waals surface area (Å²) in [5.41, 5.74) is 1.86. The topological polar surface area (TPSA) is 66.2 Å². The highest BCUT2D eigenvalue weighted by atomic mass is 32.2. The van der Waals surface area contributed by atoms with Gasteiger partial charge in [0, 0.05) is 21.8 Å². The lowest BCUT2D eigenvalue weighted by molar-refractivity contribution is -0.227. The predicted molar refractivity (Wildman–Crippen MR) is 105 cm³/mol. The fourth-order valence-corrected chi connectivity index (χ4v) is 3.99. The molecule has 0 N–H and O–H groups in total. The second-order valence-electron chi connectivity index (χ2n) is 8.29. The largest absolute Gasteiger partial charge is 0.350 e. The summed E-state index contributed by atoms with van der Waals surface area (Å²) in [7, 11) is -1.41. The maximum atomic E-state index is 13.0. The van der Waals surface area contributed by atoms with E-state index in [0.717, 1.165) is 16.0 Å². The quantitative estimate of drug-likeness (QED) is 0.740. The van der Waals surface area contributed by atoms with E-state index in [4.69, 9.17) is 9.47 Å². The minimum absolute atomic E-state index is 0.0243. The second-order valence-corrected chi connectivity index (χ2v) is 9.68. The van der Waals surface area contributed by atoms with Crippen LogP contribution in [0.15, 0.2) is 34.3 Å². The Bertz CT molecular complexity index is 943. The first-order chi connectivity index (χ1) is 13.4. The Balaban J connectivity index is 1.46.